The van der Waals surface area contributed by atoms with Gasteiger partial charge in [0.05, 0.1) is 0 Å². The third kappa shape index (κ3) is 3.36. The predicted octanol–water partition coefficient (Wildman–Crippen LogP) is 2.72. The smallest absolute Gasteiger partial charge is 0.260 e. The molecule has 0 atom stereocenters. The summed E-state index contributed by atoms with van der Waals surface area (Å²) in [6.45, 7) is 2.48. The molecule has 104 valence electrons. The number of pyridine rings is 1. The highest BCUT2D eigenvalue weighted by molar-refractivity contribution is 9.10. The second-order valence-corrected chi connectivity index (χ2v) is 5.62. The van der Waals surface area contributed by atoms with Crippen molar-refractivity contribution in [3.8, 4) is 0 Å². The van der Waals surface area contributed by atoms with Gasteiger partial charge in [-0.1, -0.05) is 29.8 Å². The SMILES string of the molecule is Cc1ccc(CN(C)C(=O)c2cc(Br)c[nH]c2=O)cc1. The molecule has 5 heteroatoms. The fourth-order valence-electron chi connectivity index (χ4n) is 1.86. The van der Waals surface area contributed by atoms with Crippen LogP contribution in [0.5, 0.6) is 0 Å². The van der Waals surface area contributed by atoms with Gasteiger partial charge in [-0.2, -0.15) is 0 Å². The number of benzene rings is 1. The molecule has 0 aliphatic rings. The maximum atomic E-state index is 12.3. The van der Waals surface area contributed by atoms with Crippen LogP contribution in [0.25, 0.3) is 0 Å². The number of halogens is 1. The minimum Gasteiger partial charge on any atom is -0.337 e. The Morgan fingerprint density at radius 1 is 1.30 bits per heavy atom. The van der Waals surface area contributed by atoms with Gasteiger partial charge >= 0.3 is 0 Å². The quantitative estimate of drug-likeness (QED) is 0.938. The zero-order chi connectivity index (χ0) is 14.7. The molecule has 0 saturated heterocycles. The van der Waals surface area contributed by atoms with Crippen LogP contribution in [0.3, 0.4) is 0 Å². The molecule has 1 aromatic carbocycles. The van der Waals surface area contributed by atoms with Crippen molar-refractivity contribution in [2.75, 3.05) is 7.05 Å². The third-order valence-corrected chi connectivity index (χ3v) is 3.44. The summed E-state index contributed by atoms with van der Waals surface area (Å²) in [4.78, 5) is 28.0. The first-order valence-corrected chi connectivity index (χ1v) is 6.96. The van der Waals surface area contributed by atoms with Crippen LogP contribution in [-0.2, 0) is 6.54 Å². The number of rotatable bonds is 3. The number of aryl methyl sites for hydroxylation is 1. The van der Waals surface area contributed by atoms with Crippen molar-refractivity contribution in [2.24, 2.45) is 0 Å². The molecule has 0 fully saturated rings. The van der Waals surface area contributed by atoms with Gasteiger partial charge in [0.2, 0.25) is 0 Å². The van der Waals surface area contributed by atoms with E-state index in [1.165, 1.54) is 22.7 Å². The highest BCUT2D eigenvalue weighted by Gasteiger charge is 2.16. The number of nitrogens with zero attached hydrogens (tertiary/aromatic N) is 1. The predicted molar refractivity (Wildman–Crippen MR) is 81.7 cm³/mol. The molecule has 20 heavy (non-hydrogen) atoms. The summed E-state index contributed by atoms with van der Waals surface area (Å²) in [7, 11) is 1.68. The maximum Gasteiger partial charge on any atom is 0.260 e. The van der Waals surface area contributed by atoms with Crippen molar-refractivity contribution in [2.45, 2.75) is 13.5 Å². The number of H-pyrrole nitrogens is 1. The zero-order valence-electron chi connectivity index (χ0n) is 11.3. The molecule has 0 aliphatic heterocycles. The van der Waals surface area contributed by atoms with Crippen LogP contribution in [-0.4, -0.2) is 22.8 Å². The van der Waals surface area contributed by atoms with Gasteiger partial charge in [-0.25, -0.2) is 0 Å². The monoisotopic (exact) mass is 334 g/mol. The number of nitrogens with one attached hydrogen (secondary N) is 1. The number of carbonyl (C=O) groups is 1. The summed E-state index contributed by atoms with van der Waals surface area (Å²) in [5.74, 6) is -0.298. The van der Waals surface area contributed by atoms with E-state index in [4.69, 9.17) is 0 Å². The topological polar surface area (TPSA) is 53.2 Å². The van der Waals surface area contributed by atoms with E-state index < -0.39 is 0 Å². The molecular weight excluding hydrogens is 320 g/mol. The van der Waals surface area contributed by atoms with Gasteiger partial charge in [0.25, 0.3) is 11.5 Å². The normalized spacial score (nSPS) is 10.3. The van der Waals surface area contributed by atoms with E-state index in [-0.39, 0.29) is 17.0 Å². The third-order valence-electron chi connectivity index (χ3n) is 2.99. The Bertz CT molecular complexity index is 677. The molecule has 0 bridgehead atoms. The number of aromatic amines is 1. The van der Waals surface area contributed by atoms with Crippen molar-refractivity contribution < 1.29 is 4.79 Å². The minimum atomic E-state index is -0.381. The molecule has 1 amide bonds. The Morgan fingerprint density at radius 2 is 1.95 bits per heavy atom. The Labute approximate surface area is 125 Å². The average molecular weight is 335 g/mol. The lowest BCUT2D eigenvalue weighted by Crippen LogP contribution is -2.31. The second kappa shape index (κ2) is 6.05. The molecule has 0 spiro atoms. The van der Waals surface area contributed by atoms with Crippen molar-refractivity contribution >= 4 is 21.8 Å². The molecule has 1 aromatic heterocycles. The first-order chi connectivity index (χ1) is 9.47. The van der Waals surface area contributed by atoms with Gasteiger partial charge in [-0.3, -0.25) is 9.59 Å². The van der Waals surface area contributed by atoms with Gasteiger partial charge in [-0.15, -0.1) is 0 Å². The van der Waals surface area contributed by atoms with E-state index in [9.17, 15) is 9.59 Å². The summed E-state index contributed by atoms with van der Waals surface area (Å²) in [6.07, 6.45) is 1.51. The van der Waals surface area contributed by atoms with Crippen molar-refractivity contribution in [1.82, 2.24) is 9.88 Å². The lowest BCUT2D eigenvalue weighted by atomic mass is 10.1. The van der Waals surface area contributed by atoms with E-state index in [2.05, 4.69) is 20.9 Å². The van der Waals surface area contributed by atoms with Gasteiger partial charge in [0, 0.05) is 24.3 Å². The second-order valence-electron chi connectivity index (χ2n) is 4.71. The Balaban J connectivity index is 2.18. The van der Waals surface area contributed by atoms with Crippen LogP contribution in [0, 0.1) is 6.92 Å². The minimum absolute atomic E-state index is 0.133. The van der Waals surface area contributed by atoms with Gasteiger partial charge in [0.1, 0.15) is 5.56 Å². The van der Waals surface area contributed by atoms with Crippen LogP contribution in [0.1, 0.15) is 21.5 Å². The molecule has 0 aliphatic carbocycles. The summed E-state index contributed by atoms with van der Waals surface area (Å²) < 4.78 is 0.671. The molecule has 4 nitrogen and oxygen atoms in total. The van der Waals surface area contributed by atoms with Gasteiger partial charge in [0.15, 0.2) is 0 Å². The first-order valence-electron chi connectivity index (χ1n) is 6.16. The van der Waals surface area contributed by atoms with E-state index in [0.29, 0.717) is 11.0 Å². The van der Waals surface area contributed by atoms with Crippen LogP contribution in [0.2, 0.25) is 0 Å². The standard InChI is InChI=1S/C15H15BrN2O2/c1-10-3-5-11(6-4-10)9-18(2)15(20)13-7-12(16)8-17-14(13)19/h3-8H,9H2,1-2H3,(H,17,19). The number of hydrogen-bond donors (Lipinski definition) is 1. The Kier molecular flexibility index (Phi) is 4.39. The lowest BCUT2D eigenvalue weighted by molar-refractivity contribution is 0.0783. The number of amides is 1. The number of hydrogen-bond acceptors (Lipinski definition) is 2. The van der Waals surface area contributed by atoms with Gasteiger partial charge < -0.3 is 9.88 Å². The average Bonchev–Trinajstić information content (AvgIpc) is 2.43. The van der Waals surface area contributed by atoms with Crippen molar-refractivity contribution in [1.29, 1.82) is 0 Å². The van der Waals surface area contributed by atoms with E-state index >= 15 is 0 Å². The molecule has 1 N–H and O–H groups in total. The first kappa shape index (κ1) is 14.5. The van der Waals surface area contributed by atoms with Crippen molar-refractivity contribution in [3.05, 3.63) is 68.0 Å². The molecule has 2 rings (SSSR count). The molecular formula is C15H15BrN2O2. The van der Waals surface area contributed by atoms with E-state index in [0.717, 1.165) is 5.56 Å². The highest BCUT2D eigenvalue weighted by Crippen LogP contribution is 2.11. The van der Waals surface area contributed by atoms with Crippen LogP contribution >= 0.6 is 15.9 Å². The highest BCUT2D eigenvalue weighted by atomic mass is 79.9. The Morgan fingerprint density at radius 3 is 2.60 bits per heavy atom. The summed E-state index contributed by atoms with van der Waals surface area (Å²) in [5.41, 5.74) is 1.95. The van der Waals surface area contributed by atoms with Crippen molar-refractivity contribution in [3.63, 3.8) is 0 Å². The summed E-state index contributed by atoms with van der Waals surface area (Å²) in [6, 6.07) is 9.49. The molecule has 2 aromatic rings. The van der Waals surface area contributed by atoms with E-state index in [1.807, 2.05) is 31.2 Å². The molecule has 0 saturated carbocycles. The van der Waals surface area contributed by atoms with E-state index in [1.54, 1.807) is 7.05 Å². The molecule has 0 unspecified atom stereocenters. The largest absolute Gasteiger partial charge is 0.337 e. The van der Waals surface area contributed by atoms with Gasteiger partial charge in [-0.05, 0) is 34.5 Å². The Hall–Kier alpha value is -1.88. The molecule has 0 radical (unpaired) electrons. The fraction of sp³-hybridized carbons (Fsp3) is 0.200. The fourth-order valence-corrected chi connectivity index (χ4v) is 2.20. The van der Waals surface area contributed by atoms with Crippen LogP contribution in [0.15, 0.2) is 45.8 Å². The zero-order valence-corrected chi connectivity index (χ0v) is 12.9. The lowest BCUT2D eigenvalue weighted by Gasteiger charge is -2.17. The van der Waals surface area contributed by atoms with Crippen LogP contribution in [0.4, 0.5) is 0 Å². The number of aromatic nitrogens is 1. The van der Waals surface area contributed by atoms with Crippen LogP contribution < -0.4 is 5.56 Å². The number of carbonyl (C=O) groups excluding carboxylic acids is 1. The summed E-state index contributed by atoms with van der Waals surface area (Å²) in [5, 5.41) is 0. The summed E-state index contributed by atoms with van der Waals surface area (Å²) >= 11 is 3.25. The molecule has 1 heterocycles. The maximum absolute atomic E-state index is 12.3.